The molecule has 0 amide bonds. The number of ether oxygens (including phenoxy) is 1. The molecule has 0 bridgehead atoms. The third-order valence-electron chi connectivity index (χ3n) is 2.75. The van der Waals surface area contributed by atoms with Gasteiger partial charge in [-0.3, -0.25) is 0 Å². The van der Waals surface area contributed by atoms with Gasteiger partial charge in [-0.25, -0.2) is 14.8 Å². The lowest BCUT2D eigenvalue weighted by atomic mass is 9.90. The second-order valence-electron chi connectivity index (χ2n) is 3.71. The Kier molecular flexibility index (Phi) is 3.00. The lowest BCUT2D eigenvalue weighted by Crippen LogP contribution is -2.20. The molecule has 2 heterocycles. The monoisotopic (exact) mass is 223 g/mol. The zero-order chi connectivity index (χ0) is 11.5. The van der Waals surface area contributed by atoms with Crippen molar-refractivity contribution in [2.24, 2.45) is 0 Å². The van der Waals surface area contributed by atoms with Gasteiger partial charge in [0.1, 0.15) is 12.1 Å². The second kappa shape index (κ2) is 4.44. The van der Waals surface area contributed by atoms with Crippen molar-refractivity contribution in [2.45, 2.75) is 18.8 Å². The van der Waals surface area contributed by atoms with Gasteiger partial charge in [0.05, 0.1) is 0 Å². The van der Waals surface area contributed by atoms with Gasteiger partial charge in [-0.15, -0.1) is 0 Å². The highest BCUT2D eigenvalue weighted by molar-refractivity contribution is 5.88. The fourth-order valence-corrected chi connectivity index (χ4v) is 1.97. The minimum Gasteiger partial charge on any atom is -0.476 e. The molecule has 1 aromatic rings. The average Bonchev–Trinajstić information content (AvgIpc) is 2.29. The van der Waals surface area contributed by atoms with Crippen molar-refractivity contribution in [2.75, 3.05) is 18.9 Å². The molecule has 0 aromatic carbocycles. The molecule has 2 rings (SSSR count). The van der Waals surface area contributed by atoms with Gasteiger partial charge >= 0.3 is 5.97 Å². The van der Waals surface area contributed by atoms with Crippen molar-refractivity contribution >= 4 is 11.8 Å². The SMILES string of the molecule is Nc1ncnc(C(=O)O)c1C1CCOCC1. The van der Waals surface area contributed by atoms with Crippen LogP contribution in [0.1, 0.15) is 34.8 Å². The molecule has 6 heteroatoms. The number of carboxylic acid groups (broad SMARTS) is 1. The summed E-state index contributed by atoms with van der Waals surface area (Å²) in [5.74, 6) is -0.712. The molecule has 1 aliphatic heterocycles. The van der Waals surface area contributed by atoms with Crippen LogP contribution < -0.4 is 5.73 Å². The number of rotatable bonds is 2. The number of nitrogen functional groups attached to an aromatic ring is 1. The highest BCUT2D eigenvalue weighted by Gasteiger charge is 2.25. The van der Waals surface area contributed by atoms with Gasteiger partial charge < -0.3 is 15.6 Å². The molecular formula is C10H13N3O3. The van der Waals surface area contributed by atoms with E-state index >= 15 is 0 Å². The van der Waals surface area contributed by atoms with E-state index in [1.54, 1.807) is 0 Å². The van der Waals surface area contributed by atoms with Crippen molar-refractivity contribution in [1.29, 1.82) is 0 Å². The molecule has 1 aliphatic rings. The molecule has 16 heavy (non-hydrogen) atoms. The first kappa shape index (κ1) is 10.8. The van der Waals surface area contributed by atoms with Crippen molar-refractivity contribution in [3.05, 3.63) is 17.6 Å². The molecule has 0 saturated carbocycles. The summed E-state index contributed by atoms with van der Waals surface area (Å²) in [6.07, 6.45) is 2.71. The first-order valence-electron chi connectivity index (χ1n) is 5.11. The van der Waals surface area contributed by atoms with Crippen LogP contribution in [-0.2, 0) is 4.74 Å². The summed E-state index contributed by atoms with van der Waals surface area (Å²) in [5.41, 5.74) is 6.30. The maximum atomic E-state index is 11.0. The van der Waals surface area contributed by atoms with E-state index in [0.29, 0.717) is 18.8 Å². The number of aromatic nitrogens is 2. The quantitative estimate of drug-likeness (QED) is 0.763. The summed E-state index contributed by atoms with van der Waals surface area (Å²) >= 11 is 0. The maximum absolute atomic E-state index is 11.0. The maximum Gasteiger partial charge on any atom is 0.354 e. The number of carboxylic acids is 1. The van der Waals surface area contributed by atoms with E-state index in [4.69, 9.17) is 15.6 Å². The van der Waals surface area contributed by atoms with Crippen LogP contribution in [0, 0.1) is 0 Å². The first-order chi connectivity index (χ1) is 7.70. The van der Waals surface area contributed by atoms with Gasteiger partial charge in [0, 0.05) is 18.8 Å². The molecular weight excluding hydrogens is 210 g/mol. The first-order valence-corrected chi connectivity index (χ1v) is 5.11. The van der Waals surface area contributed by atoms with E-state index in [2.05, 4.69) is 9.97 Å². The van der Waals surface area contributed by atoms with Crippen LogP contribution in [0.15, 0.2) is 6.33 Å². The summed E-state index contributed by atoms with van der Waals surface area (Å²) in [4.78, 5) is 18.7. The Morgan fingerprint density at radius 2 is 2.12 bits per heavy atom. The van der Waals surface area contributed by atoms with Gasteiger partial charge in [0.15, 0.2) is 5.69 Å². The Bertz CT molecular complexity index is 402. The number of hydrogen-bond acceptors (Lipinski definition) is 5. The van der Waals surface area contributed by atoms with Gasteiger partial charge in [-0.05, 0) is 18.8 Å². The Balaban J connectivity index is 2.40. The highest BCUT2D eigenvalue weighted by atomic mass is 16.5. The van der Waals surface area contributed by atoms with Crippen molar-refractivity contribution in [1.82, 2.24) is 9.97 Å². The summed E-state index contributed by atoms with van der Waals surface area (Å²) in [5, 5.41) is 9.04. The topological polar surface area (TPSA) is 98.3 Å². The average molecular weight is 223 g/mol. The normalized spacial score (nSPS) is 17.2. The number of anilines is 1. The highest BCUT2D eigenvalue weighted by Crippen LogP contribution is 2.31. The van der Waals surface area contributed by atoms with Gasteiger partial charge in [0.2, 0.25) is 0 Å². The van der Waals surface area contributed by atoms with Crippen LogP contribution in [0.5, 0.6) is 0 Å². The van der Waals surface area contributed by atoms with Crippen LogP contribution in [0.3, 0.4) is 0 Å². The van der Waals surface area contributed by atoms with Gasteiger partial charge in [0.25, 0.3) is 0 Å². The lowest BCUT2D eigenvalue weighted by Gasteiger charge is -2.23. The Labute approximate surface area is 92.5 Å². The van der Waals surface area contributed by atoms with Crippen LogP contribution in [-0.4, -0.2) is 34.3 Å². The van der Waals surface area contributed by atoms with E-state index in [1.165, 1.54) is 6.33 Å². The van der Waals surface area contributed by atoms with Crippen molar-refractivity contribution in [3.63, 3.8) is 0 Å². The number of aromatic carboxylic acids is 1. The van der Waals surface area contributed by atoms with Crippen molar-refractivity contribution < 1.29 is 14.6 Å². The Morgan fingerprint density at radius 1 is 1.44 bits per heavy atom. The van der Waals surface area contributed by atoms with E-state index in [-0.39, 0.29) is 17.4 Å². The summed E-state index contributed by atoms with van der Waals surface area (Å²) in [6, 6.07) is 0. The fraction of sp³-hybridized carbons (Fsp3) is 0.500. The molecule has 1 fully saturated rings. The smallest absolute Gasteiger partial charge is 0.354 e. The minimum atomic E-state index is -1.06. The number of nitrogens with zero attached hydrogens (tertiary/aromatic N) is 2. The van der Waals surface area contributed by atoms with Crippen LogP contribution in [0.25, 0.3) is 0 Å². The Morgan fingerprint density at radius 3 is 2.75 bits per heavy atom. The van der Waals surface area contributed by atoms with Gasteiger partial charge in [-0.2, -0.15) is 0 Å². The van der Waals surface area contributed by atoms with Crippen LogP contribution in [0.2, 0.25) is 0 Å². The minimum absolute atomic E-state index is 0.0133. The zero-order valence-corrected chi connectivity index (χ0v) is 8.72. The molecule has 0 aliphatic carbocycles. The van der Waals surface area contributed by atoms with Crippen LogP contribution >= 0.6 is 0 Å². The number of hydrogen-bond donors (Lipinski definition) is 2. The van der Waals surface area contributed by atoms with E-state index in [9.17, 15) is 4.79 Å². The molecule has 86 valence electrons. The molecule has 6 nitrogen and oxygen atoms in total. The predicted molar refractivity (Wildman–Crippen MR) is 56.2 cm³/mol. The third kappa shape index (κ3) is 1.96. The molecule has 0 unspecified atom stereocenters. The third-order valence-corrected chi connectivity index (χ3v) is 2.75. The molecule has 3 N–H and O–H groups in total. The fourth-order valence-electron chi connectivity index (χ4n) is 1.97. The number of nitrogens with two attached hydrogens (primary N) is 1. The molecule has 1 aromatic heterocycles. The standard InChI is InChI=1S/C10H13N3O3/c11-9-7(6-1-3-16-4-2-6)8(10(14)15)12-5-13-9/h5-6H,1-4H2,(H,14,15)(H2,11,12,13). The van der Waals surface area contributed by atoms with Crippen LogP contribution in [0.4, 0.5) is 5.82 Å². The summed E-state index contributed by atoms with van der Waals surface area (Å²) in [6.45, 7) is 1.25. The van der Waals surface area contributed by atoms with Crippen molar-refractivity contribution in [3.8, 4) is 0 Å². The molecule has 1 saturated heterocycles. The van der Waals surface area contributed by atoms with E-state index in [1.807, 2.05) is 0 Å². The van der Waals surface area contributed by atoms with Gasteiger partial charge in [-0.1, -0.05) is 0 Å². The largest absolute Gasteiger partial charge is 0.476 e. The zero-order valence-electron chi connectivity index (χ0n) is 8.72. The molecule has 0 spiro atoms. The number of carbonyl (C=O) groups is 1. The lowest BCUT2D eigenvalue weighted by molar-refractivity contribution is 0.0678. The summed E-state index contributed by atoms with van der Waals surface area (Å²) < 4.78 is 5.23. The molecule has 0 atom stereocenters. The predicted octanol–water partition coefficient (Wildman–Crippen LogP) is 0.651. The van der Waals surface area contributed by atoms with E-state index in [0.717, 1.165) is 12.8 Å². The molecule has 0 radical (unpaired) electrons. The second-order valence-corrected chi connectivity index (χ2v) is 3.71. The van der Waals surface area contributed by atoms with E-state index < -0.39 is 5.97 Å². The Hall–Kier alpha value is -1.69. The summed E-state index contributed by atoms with van der Waals surface area (Å²) in [7, 11) is 0.